The number of rotatable bonds is 10. The highest BCUT2D eigenvalue weighted by Gasteiger charge is 2.13. The van der Waals surface area contributed by atoms with Gasteiger partial charge in [-0.2, -0.15) is 0 Å². The molecule has 1 aromatic carbocycles. The maximum atomic E-state index is 11.8. The van der Waals surface area contributed by atoms with Crippen molar-refractivity contribution in [1.29, 1.82) is 0 Å². The second-order valence-electron chi connectivity index (χ2n) is 4.28. The highest BCUT2D eigenvalue weighted by Crippen LogP contribution is 2.22. The zero-order chi connectivity index (χ0) is 15.5. The van der Waals surface area contributed by atoms with Crippen LogP contribution in [0.5, 0.6) is 5.75 Å². The van der Waals surface area contributed by atoms with Gasteiger partial charge in [0.05, 0.1) is 13.2 Å². The molecule has 0 saturated carbocycles. The van der Waals surface area contributed by atoms with Crippen molar-refractivity contribution in [3.8, 4) is 5.75 Å². The van der Waals surface area contributed by atoms with Crippen molar-refractivity contribution in [2.45, 2.75) is 13.3 Å². The molecule has 0 fully saturated rings. The molecule has 0 unspecified atom stereocenters. The first-order valence-electron chi connectivity index (χ1n) is 6.95. The van der Waals surface area contributed by atoms with Crippen LogP contribution in [0, 0.1) is 0 Å². The van der Waals surface area contributed by atoms with Gasteiger partial charge in [0.1, 0.15) is 17.9 Å². The van der Waals surface area contributed by atoms with Crippen molar-refractivity contribution in [1.82, 2.24) is 0 Å². The summed E-state index contributed by atoms with van der Waals surface area (Å²) in [6.07, 6.45) is 0.836. The number of anilines is 1. The molecular formula is C15H23NO5. The topological polar surface area (TPSA) is 80.0 Å². The summed E-state index contributed by atoms with van der Waals surface area (Å²) in [7, 11) is 1.65. The Kier molecular flexibility index (Phi) is 8.23. The predicted octanol–water partition coefficient (Wildman–Crippen LogP) is 1.88. The van der Waals surface area contributed by atoms with Gasteiger partial charge in [0, 0.05) is 32.1 Å². The SMILES string of the molecule is CCOC(=O)c1ccc(N)cc1OCCOCCCOC. The van der Waals surface area contributed by atoms with E-state index in [9.17, 15) is 4.79 Å². The van der Waals surface area contributed by atoms with Crippen molar-refractivity contribution >= 4 is 11.7 Å². The van der Waals surface area contributed by atoms with E-state index in [1.807, 2.05) is 0 Å². The third-order valence-electron chi connectivity index (χ3n) is 2.62. The van der Waals surface area contributed by atoms with Crippen LogP contribution in [0.2, 0.25) is 0 Å². The Morgan fingerprint density at radius 1 is 1.19 bits per heavy atom. The Morgan fingerprint density at radius 2 is 2.00 bits per heavy atom. The number of nitrogen functional groups attached to an aromatic ring is 1. The second kappa shape index (κ2) is 10.0. The Bertz CT molecular complexity index is 436. The van der Waals surface area contributed by atoms with E-state index in [4.69, 9.17) is 24.7 Å². The lowest BCUT2D eigenvalue weighted by Gasteiger charge is -2.12. The van der Waals surface area contributed by atoms with Crippen LogP contribution in [0.1, 0.15) is 23.7 Å². The molecule has 0 aliphatic rings. The van der Waals surface area contributed by atoms with Gasteiger partial charge in [-0.1, -0.05) is 0 Å². The first-order valence-corrected chi connectivity index (χ1v) is 6.95. The van der Waals surface area contributed by atoms with Crippen LogP contribution >= 0.6 is 0 Å². The quantitative estimate of drug-likeness (QED) is 0.403. The molecule has 0 aliphatic carbocycles. The Hall–Kier alpha value is -1.79. The first-order chi connectivity index (χ1) is 10.2. The van der Waals surface area contributed by atoms with Crippen molar-refractivity contribution in [3.63, 3.8) is 0 Å². The van der Waals surface area contributed by atoms with Crippen LogP contribution in [-0.2, 0) is 14.2 Å². The fraction of sp³-hybridized carbons (Fsp3) is 0.533. The highest BCUT2D eigenvalue weighted by molar-refractivity contribution is 5.93. The molecule has 0 heterocycles. The minimum absolute atomic E-state index is 0.311. The number of methoxy groups -OCH3 is 1. The molecule has 0 bridgehead atoms. The number of hydrogen-bond acceptors (Lipinski definition) is 6. The lowest BCUT2D eigenvalue weighted by molar-refractivity contribution is 0.0515. The fourth-order valence-corrected chi connectivity index (χ4v) is 1.65. The molecule has 2 N–H and O–H groups in total. The Morgan fingerprint density at radius 3 is 2.71 bits per heavy atom. The molecule has 0 atom stereocenters. The maximum Gasteiger partial charge on any atom is 0.341 e. The number of benzene rings is 1. The Balaban J connectivity index is 2.45. The molecule has 1 rings (SSSR count). The van der Waals surface area contributed by atoms with Crippen LogP contribution in [-0.4, -0.2) is 46.1 Å². The zero-order valence-electron chi connectivity index (χ0n) is 12.6. The number of esters is 1. The summed E-state index contributed by atoms with van der Waals surface area (Å²) in [5, 5.41) is 0. The maximum absolute atomic E-state index is 11.8. The molecular weight excluding hydrogens is 274 g/mol. The summed E-state index contributed by atoms with van der Waals surface area (Å²) in [6, 6.07) is 4.85. The molecule has 0 spiro atoms. The molecule has 0 aliphatic heterocycles. The normalized spacial score (nSPS) is 10.4. The summed E-state index contributed by atoms with van der Waals surface area (Å²) in [5.41, 5.74) is 6.60. The molecule has 6 heteroatoms. The lowest BCUT2D eigenvalue weighted by atomic mass is 10.2. The average Bonchev–Trinajstić information content (AvgIpc) is 2.46. The van der Waals surface area contributed by atoms with Crippen LogP contribution in [0.25, 0.3) is 0 Å². The zero-order valence-corrected chi connectivity index (χ0v) is 12.6. The summed E-state index contributed by atoms with van der Waals surface area (Å²) in [6.45, 7) is 4.11. The third kappa shape index (κ3) is 6.46. The second-order valence-corrected chi connectivity index (χ2v) is 4.28. The largest absolute Gasteiger partial charge is 0.490 e. The van der Waals surface area contributed by atoms with Crippen LogP contribution in [0.4, 0.5) is 5.69 Å². The molecule has 0 aromatic heterocycles. The lowest BCUT2D eigenvalue weighted by Crippen LogP contribution is -2.12. The minimum atomic E-state index is -0.423. The molecule has 118 valence electrons. The van der Waals surface area contributed by atoms with Gasteiger partial charge in [-0.15, -0.1) is 0 Å². The van der Waals surface area contributed by atoms with E-state index in [-0.39, 0.29) is 0 Å². The summed E-state index contributed by atoms with van der Waals surface area (Å²) >= 11 is 0. The van der Waals surface area contributed by atoms with Crippen LogP contribution in [0.15, 0.2) is 18.2 Å². The molecule has 0 saturated heterocycles. The summed E-state index contributed by atoms with van der Waals surface area (Å²) < 4.78 is 20.8. The molecule has 21 heavy (non-hydrogen) atoms. The molecule has 6 nitrogen and oxygen atoms in total. The van der Waals surface area contributed by atoms with E-state index < -0.39 is 5.97 Å². The Labute approximate surface area is 125 Å². The van der Waals surface area contributed by atoms with E-state index in [1.54, 1.807) is 32.2 Å². The van der Waals surface area contributed by atoms with Gasteiger partial charge in [0.2, 0.25) is 0 Å². The van der Waals surface area contributed by atoms with Gasteiger partial charge in [0.15, 0.2) is 0 Å². The average molecular weight is 297 g/mol. The highest BCUT2D eigenvalue weighted by atomic mass is 16.5. The number of carbonyl (C=O) groups excluding carboxylic acids is 1. The van der Waals surface area contributed by atoms with Crippen molar-refractivity contribution < 1.29 is 23.7 Å². The number of hydrogen-bond donors (Lipinski definition) is 1. The fourth-order valence-electron chi connectivity index (χ4n) is 1.65. The van der Waals surface area contributed by atoms with Crippen LogP contribution in [0.3, 0.4) is 0 Å². The molecule has 0 radical (unpaired) electrons. The first kappa shape index (κ1) is 17.3. The van der Waals surface area contributed by atoms with Crippen LogP contribution < -0.4 is 10.5 Å². The standard InChI is InChI=1S/C15H23NO5/c1-3-20-15(17)13-6-5-12(16)11-14(13)21-10-9-19-8-4-7-18-2/h5-6,11H,3-4,7-10,16H2,1-2H3. The minimum Gasteiger partial charge on any atom is -0.490 e. The van der Waals surface area contributed by atoms with Gasteiger partial charge in [-0.05, 0) is 25.5 Å². The number of carbonyl (C=O) groups is 1. The third-order valence-corrected chi connectivity index (χ3v) is 2.62. The van der Waals surface area contributed by atoms with Gasteiger partial charge in [-0.3, -0.25) is 0 Å². The molecule has 0 amide bonds. The van der Waals surface area contributed by atoms with Gasteiger partial charge < -0.3 is 24.7 Å². The van der Waals surface area contributed by atoms with Gasteiger partial charge >= 0.3 is 5.97 Å². The van der Waals surface area contributed by atoms with E-state index >= 15 is 0 Å². The summed E-state index contributed by atoms with van der Waals surface area (Å²) in [4.78, 5) is 11.8. The summed E-state index contributed by atoms with van der Waals surface area (Å²) in [5.74, 6) is -0.0116. The van der Waals surface area contributed by atoms with Crippen molar-refractivity contribution in [2.75, 3.05) is 45.9 Å². The van der Waals surface area contributed by atoms with Gasteiger partial charge in [-0.25, -0.2) is 4.79 Å². The smallest absolute Gasteiger partial charge is 0.341 e. The van der Waals surface area contributed by atoms with Crippen molar-refractivity contribution in [2.24, 2.45) is 0 Å². The predicted molar refractivity (Wildman–Crippen MR) is 79.6 cm³/mol. The van der Waals surface area contributed by atoms with Crippen molar-refractivity contribution in [3.05, 3.63) is 23.8 Å². The van der Waals surface area contributed by atoms with Gasteiger partial charge in [0.25, 0.3) is 0 Å². The number of nitrogens with two attached hydrogens (primary N) is 1. The van der Waals surface area contributed by atoms with E-state index in [2.05, 4.69) is 0 Å². The molecule has 1 aromatic rings. The monoisotopic (exact) mass is 297 g/mol. The van der Waals surface area contributed by atoms with E-state index in [0.717, 1.165) is 6.42 Å². The number of ether oxygens (including phenoxy) is 4. The van der Waals surface area contributed by atoms with E-state index in [0.29, 0.717) is 50.0 Å². The van der Waals surface area contributed by atoms with E-state index in [1.165, 1.54) is 0 Å².